The maximum Gasteiger partial charge on any atom is 0.119 e. The van der Waals surface area contributed by atoms with E-state index in [1.165, 1.54) is 5.69 Å². The number of benzene rings is 1. The molecule has 3 heteroatoms. The van der Waals surface area contributed by atoms with E-state index in [0.717, 1.165) is 31.7 Å². The van der Waals surface area contributed by atoms with Crippen molar-refractivity contribution in [3.8, 4) is 5.75 Å². The molecule has 2 rings (SSSR count). The molecular weight excluding hydrogens is 224 g/mol. The average Bonchev–Trinajstić information content (AvgIpc) is 2.84. The fraction of sp³-hybridized carbons (Fsp3) is 0.333. The molecule has 2 N–H and O–H groups in total. The molecule has 1 heterocycles. The van der Waals surface area contributed by atoms with Crippen molar-refractivity contribution in [1.82, 2.24) is 4.57 Å². The summed E-state index contributed by atoms with van der Waals surface area (Å²) in [7, 11) is 0. The smallest absolute Gasteiger partial charge is 0.119 e. The first kappa shape index (κ1) is 12.7. The number of nitrogens with zero attached hydrogens (tertiary/aromatic N) is 1. The molecule has 96 valence electrons. The van der Waals surface area contributed by atoms with Gasteiger partial charge in [-0.15, -0.1) is 0 Å². The molecular formula is C15H20N2O. The van der Waals surface area contributed by atoms with Crippen LogP contribution in [0.25, 0.3) is 0 Å². The van der Waals surface area contributed by atoms with Crippen LogP contribution in [0.2, 0.25) is 0 Å². The van der Waals surface area contributed by atoms with Crippen molar-refractivity contribution < 1.29 is 4.74 Å². The monoisotopic (exact) mass is 244 g/mol. The first-order valence-electron chi connectivity index (χ1n) is 6.42. The topological polar surface area (TPSA) is 40.2 Å². The zero-order chi connectivity index (χ0) is 12.6. The zero-order valence-electron chi connectivity index (χ0n) is 10.6. The second-order valence-corrected chi connectivity index (χ2v) is 4.25. The predicted molar refractivity (Wildman–Crippen MR) is 73.7 cm³/mol. The molecule has 0 atom stereocenters. The van der Waals surface area contributed by atoms with Gasteiger partial charge in [-0.25, -0.2) is 0 Å². The minimum absolute atomic E-state index is 0.699. The van der Waals surface area contributed by atoms with Crippen LogP contribution in [-0.4, -0.2) is 17.7 Å². The van der Waals surface area contributed by atoms with Crippen LogP contribution in [0.3, 0.4) is 0 Å². The number of aromatic nitrogens is 1. The highest BCUT2D eigenvalue weighted by Crippen LogP contribution is 2.09. The van der Waals surface area contributed by atoms with Crippen molar-refractivity contribution in [2.45, 2.75) is 19.4 Å². The number of hydrogen-bond donors (Lipinski definition) is 1. The highest BCUT2D eigenvalue weighted by atomic mass is 16.5. The Balaban J connectivity index is 1.73. The average molecular weight is 244 g/mol. The van der Waals surface area contributed by atoms with Crippen LogP contribution in [-0.2, 0) is 13.0 Å². The van der Waals surface area contributed by atoms with Gasteiger partial charge in [-0.1, -0.05) is 18.2 Å². The van der Waals surface area contributed by atoms with E-state index >= 15 is 0 Å². The van der Waals surface area contributed by atoms with E-state index in [0.29, 0.717) is 6.54 Å². The summed E-state index contributed by atoms with van der Waals surface area (Å²) in [5.74, 6) is 0.937. The lowest BCUT2D eigenvalue weighted by molar-refractivity contribution is 0.301. The molecule has 1 aromatic heterocycles. The van der Waals surface area contributed by atoms with Crippen LogP contribution in [0.1, 0.15) is 12.1 Å². The van der Waals surface area contributed by atoms with E-state index in [2.05, 4.69) is 22.9 Å². The summed E-state index contributed by atoms with van der Waals surface area (Å²) in [5, 5.41) is 0. The lowest BCUT2D eigenvalue weighted by Crippen LogP contribution is -2.10. The summed E-state index contributed by atoms with van der Waals surface area (Å²) in [6.45, 7) is 2.42. The van der Waals surface area contributed by atoms with E-state index in [1.807, 2.05) is 30.3 Å². The van der Waals surface area contributed by atoms with Crippen LogP contribution >= 0.6 is 0 Å². The molecule has 0 unspecified atom stereocenters. The molecule has 0 fully saturated rings. The summed E-state index contributed by atoms with van der Waals surface area (Å²) in [6, 6.07) is 14.1. The minimum Gasteiger partial charge on any atom is -0.494 e. The van der Waals surface area contributed by atoms with Gasteiger partial charge in [-0.3, -0.25) is 0 Å². The van der Waals surface area contributed by atoms with E-state index in [9.17, 15) is 0 Å². The Kier molecular flexibility index (Phi) is 4.85. The highest BCUT2D eigenvalue weighted by Gasteiger charge is 1.99. The van der Waals surface area contributed by atoms with Gasteiger partial charge in [0.15, 0.2) is 0 Å². The van der Waals surface area contributed by atoms with Crippen LogP contribution < -0.4 is 10.5 Å². The van der Waals surface area contributed by atoms with Gasteiger partial charge in [0.1, 0.15) is 5.75 Å². The molecule has 0 radical (unpaired) electrons. The lowest BCUT2D eigenvalue weighted by atomic mass is 10.3. The van der Waals surface area contributed by atoms with Crippen LogP contribution in [0.5, 0.6) is 5.75 Å². The largest absolute Gasteiger partial charge is 0.494 e. The molecule has 0 saturated heterocycles. The first-order chi connectivity index (χ1) is 8.90. The van der Waals surface area contributed by atoms with E-state index in [4.69, 9.17) is 10.5 Å². The molecule has 18 heavy (non-hydrogen) atoms. The van der Waals surface area contributed by atoms with Gasteiger partial charge in [-0.2, -0.15) is 0 Å². The molecule has 0 aliphatic carbocycles. The van der Waals surface area contributed by atoms with E-state index < -0.39 is 0 Å². The van der Waals surface area contributed by atoms with E-state index in [-0.39, 0.29) is 0 Å². The summed E-state index contributed by atoms with van der Waals surface area (Å²) in [6.07, 6.45) is 4.04. The third-order valence-corrected chi connectivity index (χ3v) is 2.88. The van der Waals surface area contributed by atoms with Crippen LogP contribution in [0, 0.1) is 0 Å². The first-order valence-corrected chi connectivity index (χ1v) is 6.42. The van der Waals surface area contributed by atoms with E-state index in [1.54, 1.807) is 0 Å². The number of hydrogen-bond acceptors (Lipinski definition) is 2. The predicted octanol–water partition coefficient (Wildman–Crippen LogP) is 2.46. The second kappa shape index (κ2) is 6.87. The summed E-state index contributed by atoms with van der Waals surface area (Å²) >= 11 is 0. The molecule has 0 aliphatic rings. The zero-order valence-corrected chi connectivity index (χ0v) is 10.6. The molecule has 0 amide bonds. The van der Waals surface area contributed by atoms with Gasteiger partial charge >= 0.3 is 0 Å². The van der Waals surface area contributed by atoms with Crippen LogP contribution in [0.15, 0.2) is 48.7 Å². The van der Waals surface area contributed by atoms with Gasteiger partial charge < -0.3 is 15.0 Å². The highest BCUT2D eigenvalue weighted by molar-refractivity contribution is 5.20. The maximum absolute atomic E-state index is 5.67. The van der Waals surface area contributed by atoms with Gasteiger partial charge in [0.05, 0.1) is 6.61 Å². The van der Waals surface area contributed by atoms with Crippen molar-refractivity contribution in [3.63, 3.8) is 0 Å². The Morgan fingerprint density at radius 3 is 2.67 bits per heavy atom. The number of nitrogens with two attached hydrogens (primary N) is 1. The normalized spacial score (nSPS) is 10.5. The molecule has 1 aromatic carbocycles. The van der Waals surface area contributed by atoms with Crippen molar-refractivity contribution in [2.24, 2.45) is 5.73 Å². The Morgan fingerprint density at radius 1 is 1.06 bits per heavy atom. The molecule has 0 aliphatic heterocycles. The number of rotatable bonds is 7. The lowest BCUT2D eigenvalue weighted by Gasteiger charge is -2.09. The molecule has 3 nitrogen and oxygen atoms in total. The third kappa shape index (κ3) is 3.64. The SMILES string of the molecule is NCCc1cccn1CCCOc1ccccc1. The minimum atomic E-state index is 0.699. The fourth-order valence-electron chi connectivity index (χ4n) is 1.98. The fourth-order valence-corrected chi connectivity index (χ4v) is 1.98. The second-order valence-electron chi connectivity index (χ2n) is 4.25. The van der Waals surface area contributed by atoms with Gasteiger partial charge in [0.25, 0.3) is 0 Å². The summed E-state index contributed by atoms with van der Waals surface area (Å²) in [4.78, 5) is 0. The number of ether oxygens (including phenoxy) is 1. The number of aryl methyl sites for hydroxylation is 1. The third-order valence-electron chi connectivity index (χ3n) is 2.88. The Hall–Kier alpha value is -1.74. The van der Waals surface area contributed by atoms with Gasteiger partial charge in [-0.05, 0) is 43.7 Å². The van der Waals surface area contributed by atoms with Gasteiger partial charge in [0.2, 0.25) is 0 Å². The van der Waals surface area contributed by atoms with Crippen molar-refractivity contribution in [3.05, 3.63) is 54.4 Å². The van der Waals surface area contributed by atoms with Crippen LogP contribution in [0.4, 0.5) is 0 Å². The van der Waals surface area contributed by atoms with Gasteiger partial charge in [0, 0.05) is 18.4 Å². The van der Waals surface area contributed by atoms with Crippen molar-refractivity contribution >= 4 is 0 Å². The van der Waals surface area contributed by atoms with Crippen molar-refractivity contribution in [1.29, 1.82) is 0 Å². The summed E-state index contributed by atoms with van der Waals surface area (Å²) < 4.78 is 7.92. The standard InChI is InChI=1S/C15H20N2O/c16-10-9-14-6-4-11-17(14)12-5-13-18-15-7-2-1-3-8-15/h1-4,6-8,11H,5,9-10,12-13,16H2. The molecule has 0 bridgehead atoms. The summed E-state index contributed by atoms with van der Waals surface area (Å²) in [5.41, 5.74) is 6.88. The molecule has 2 aromatic rings. The Labute approximate surface area is 108 Å². The van der Waals surface area contributed by atoms with Crippen molar-refractivity contribution in [2.75, 3.05) is 13.2 Å². The number of para-hydroxylation sites is 1. The Bertz CT molecular complexity index is 451. The quantitative estimate of drug-likeness (QED) is 0.760. The Morgan fingerprint density at radius 2 is 1.89 bits per heavy atom. The molecule has 0 saturated carbocycles. The molecule has 0 spiro atoms. The maximum atomic E-state index is 5.67.